The lowest BCUT2D eigenvalue weighted by Crippen LogP contribution is -2.37. The summed E-state index contributed by atoms with van der Waals surface area (Å²) in [5, 5.41) is 0. The van der Waals surface area contributed by atoms with Crippen LogP contribution in [0.15, 0.2) is 4.52 Å². The van der Waals surface area contributed by atoms with Crippen LogP contribution >= 0.6 is 32.4 Å². The Morgan fingerprint density at radius 3 is 0.909 bits per heavy atom. The summed E-state index contributed by atoms with van der Waals surface area (Å²) in [5.74, 6) is 0. The molecule has 7 nitrogen and oxygen atoms in total. The van der Waals surface area contributed by atoms with Crippen LogP contribution in [0, 0.1) is 0 Å². The second-order valence-corrected chi connectivity index (χ2v) is 13.9. The third-order valence-corrected chi connectivity index (χ3v) is 11.8. The molecule has 0 bridgehead atoms. The van der Waals surface area contributed by atoms with Gasteiger partial charge in [-0.15, -0.1) is 31.0 Å². The van der Waals surface area contributed by atoms with Gasteiger partial charge in [-0.1, -0.05) is 0 Å². The van der Waals surface area contributed by atoms with Gasteiger partial charge in [-0.2, -0.15) is 0 Å². The van der Waals surface area contributed by atoms with Crippen LogP contribution in [0.4, 0.5) is 0 Å². The molecule has 0 N–H and O–H groups in total. The highest BCUT2D eigenvalue weighted by Gasteiger charge is 2.52. The Hall–Kier alpha value is 0.900. The SMILES string of the molecule is Br.CN(C)P(=N[P+](N(C)C)(N(C)C)N(C)C)(N(C)C)N(C)C. The Bertz CT molecular complexity index is 333. The lowest BCUT2D eigenvalue weighted by molar-refractivity contribution is 0.448. The summed E-state index contributed by atoms with van der Waals surface area (Å²) < 4.78 is 19.1. The molecule has 0 fully saturated rings. The van der Waals surface area contributed by atoms with Crippen LogP contribution < -0.4 is 0 Å². The monoisotopic (exact) mass is 420 g/mol. The molecule has 0 aliphatic heterocycles. The van der Waals surface area contributed by atoms with E-state index < -0.39 is 15.4 Å². The second kappa shape index (κ2) is 9.40. The zero-order valence-electron chi connectivity index (χ0n) is 16.4. The Balaban J connectivity index is 0. The molecule has 0 spiro atoms. The molecule has 0 rings (SSSR count). The quantitative estimate of drug-likeness (QED) is 0.588. The normalized spacial score (nSPS) is 13.7. The van der Waals surface area contributed by atoms with Crippen LogP contribution in [-0.4, -0.2) is 113 Å². The van der Waals surface area contributed by atoms with E-state index in [2.05, 4.69) is 113 Å². The molecule has 0 aromatic heterocycles. The van der Waals surface area contributed by atoms with E-state index in [0.29, 0.717) is 0 Å². The Morgan fingerprint density at radius 1 is 0.545 bits per heavy atom. The fourth-order valence-corrected chi connectivity index (χ4v) is 12.2. The van der Waals surface area contributed by atoms with E-state index >= 15 is 0 Å². The molecule has 0 saturated heterocycles. The second-order valence-electron chi connectivity index (χ2n) is 6.25. The van der Waals surface area contributed by atoms with Gasteiger partial charge in [-0.3, -0.25) is 0 Å². The molecule has 0 radical (unpaired) electrons. The minimum Gasteiger partial charge on any atom is -0.249 e. The summed E-state index contributed by atoms with van der Waals surface area (Å²) in [5.41, 5.74) is 0. The maximum Gasteiger partial charge on any atom is 0.355 e. The standard InChI is InChI=1S/C12H36N7P2.BrH/c1-14(2)20(15(3)4,16(5)6)13-21(17(7)8,18(9)10)19(11)12;/h1-12H3;1H/q+1;. The van der Waals surface area contributed by atoms with Crippen LogP contribution in [0.1, 0.15) is 0 Å². The molecule has 0 saturated carbocycles. The van der Waals surface area contributed by atoms with Crippen molar-refractivity contribution in [2.45, 2.75) is 0 Å². The van der Waals surface area contributed by atoms with Crippen molar-refractivity contribution in [3.05, 3.63) is 0 Å². The molecular formula is C12H37BrN7P2+. The smallest absolute Gasteiger partial charge is 0.249 e. The van der Waals surface area contributed by atoms with Crippen LogP contribution in [0.3, 0.4) is 0 Å². The van der Waals surface area contributed by atoms with Crippen LogP contribution in [-0.2, 0) is 0 Å². The maximum absolute atomic E-state index is 5.51. The van der Waals surface area contributed by atoms with Gasteiger partial charge in [0.05, 0.1) is 0 Å². The van der Waals surface area contributed by atoms with Gasteiger partial charge in [-0.05, 0) is 46.8 Å². The first-order valence-corrected chi connectivity index (χ1v) is 10.2. The zero-order chi connectivity index (χ0) is 17.2. The van der Waals surface area contributed by atoms with Gasteiger partial charge in [0.2, 0.25) is 7.51 Å². The fraction of sp³-hybridized carbons (Fsp3) is 1.00. The van der Waals surface area contributed by atoms with E-state index in [1.165, 1.54) is 0 Å². The molecule has 0 amide bonds. The average Bonchev–Trinajstić information content (AvgIpc) is 2.26. The van der Waals surface area contributed by atoms with Gasteiger partial charge in [0.25, 0.3) is 0 Å². The number of halogens is 1. The van der Waals surface area contributed by atoms with E-state index in [4.69, 9.17) is 4.52 Å². The molecule has 0 aromatic carbocycles. The van der Waals surface area contributed by atoms with Crippen molar-refractivity contribution in [2.75, 3.05) is 84.6 Å². The Kier molecular flexibility index (Phi) is 10.7. The van der Waals surface area contributed by atoms with Crippen molar-refractivity contribution in [3.63, 3.8) is 0 Å². The Labute approximate surface area is 149 Å². The summed E-state index contributed by atoms with van der Waals surface area (Å²) in [4.78, 5) is 0. The molecule has 0 unspecified atom stereocenters. The van der Waals surface area contributed by atoms with Gasteiger partial charge in [0.1, 0.15) is 0 Å². The summed E-state index contributed by atoms with van der Waals surface area (Å²) >= 11 is 0. The highest BCUT2D eigenvalue weighted by Crippen LogP contribution is 2.73. The minimum atomic E-state index is -1.95. The molecule has 0 atom stereocenters. The van der Waals surface area contributed by atoms with Crippen molar-refractivity contribution < 1.29 is 0 Å². The van der Waals surface area contributed by atoms with Gasteiger partial charge in [-0.25, -0.2) is 14.0 Å². The van der Waals surface area contributed by atoms with Gasteiger partial charge in [0, 0.05) is 42.3 Å². The lowest BCUT2D eigenvalue weighted by Gasteiger charge is -2.43. The first kappa shape index (κ1) is 25.1. The fourth-order valence-electron chi connectivity index (χ4n) is 2.79. The predicted molar refractivity (Wildman–Crippen MR) is 109 cm³/mol. The largest absolute Gasteiger partial charge is 0.355 e. The van der Waals surface area contributed by atoms with Crippen molar-refractivity contribution in [1.82, 2.24) is 28.0 Å². The van der Waals surface area contributed by atoms with Crippen molar-refractivity contribution in [1.29, 1.82) is 0 Å². The zero-order valence-corrected chi connectivity index (χ0v) is 19.9. The van der Waals surface area contributed by atoms with Crippen molar-refractivity contribution >= 4 is 32.4 Å². The molecule has 136 valence electrons. The first-order chi connectivity index (χ1) is 9.37. The first-order valence-electron chi connectivity index (χ1n) is 6.97. The Morgan fingerprint density at radius 2 is 0.773 bits per heavy atom. The van der Waals surface area contributed by atoms with Crippen molar-refractivity contribution in [2.24, 2.45) is 4.52 Å². The maximum atomic E-state index is 5.51. The van der Waals surface area contributed by atoms with Gasteiger partial charge >= 0.3 is 7.87 Å². The molecule has 0 aliphatic rings. The highest BCUT2D eigenvalue weighted by atomic mass is 79.9. The third kappa shape index (κ3) is 4.50. The lowest BCUT2D eigenvalue weighted by atomic mass is 11.2. The van der Waals surface area contributed by atoms with Gasteiger partial charge < -0.3 is 0 Å². The molecule has 10 heteroatoms. The van der Waals surface area contributed by atoms with E-state index in [1.807, 2.05) is 0 Å². The van der Waals surface area contributed by atoms with Crippen LogP contribution in [0.25, 0.3) is 0 Å². The number of hydrogen-bond acceptors (Lipinski definition) is 4. The molecular weight excluding hydrogens is 384 g/mol. The summed E-state index contributed by atoms with van der Waals surface area (Å²) in [6.45, 7) is 0. The van der Waals surface area contributed by atoms with Gasteiger partial charge in [0.15, 0.2) is 0 Å². The average molecular weight is 421 g/mol. The summed E-state index contributed by atoms with van der Waals surface area (Å²) in [6.07, 6.45) is 0. The third-order valence-electron chi connectivity index (χ3n) is 3.46. The van der Waals surface area contributed by atoms with E-state index in [9.17, 15) is 0 Å². The van der Waals surface area contributed by atoms with Crippen LogP contribution in [0.2, 0.25) is 0 Å². The number of nitrogens with zero attached hydrogens (tertiary/aromatic N) is 7. The molecule has 0 aliphatic carbocycles. The topological polar surface area (TPSA) is 31.8 Å². The predicted octanol–water partition coefficient (Wildman–Crippen LogP) is 2.56. The molecule has 0 aromatic rings. The summed E-state index contributed by atoms with van der Waals surface area (Å²) in [7, 11) is 21.5. The summed E-state index contributed by atoms with van der Waals surface area (Å²) in [6, 6.07) is 0. The molecule has 0 heterocycles. The highest BCUT2D eigenvalue weighted by molar-refractivity contribution is 8.93. The van der Waals surface area contributed by atoms with E-state index in [-0.39, 0.29) is 17.0 Å². The molecule has 22 heavy (non-hydrogen) atoms. The van der Waals surface area contributed by atoms with E-state index in [1.54, 1.807) is 0 Å². The number of rotatable bonds is 7. The number of hydrogen-bond donors (Lipinski definition) is 0. The minimum absolute atomic E-state index is 0. The van der Waals surface area contributed by atoms with Crippen LogP contribution in [0.5, 0.6) is 0 Å². The van der Waals surface area contributed by atoms with Crippen molar-refractivity contribution in [3.8, 4) is 0 Å². The van der Waals surface area contributed by atoms with E-state index in [0.717, 1.165) is 0 Å².